The number of nitrogens with zero attached hydrogens (tertiary/aromatic N) is 2. The largest absolute Gasteiger partial charge is 0.369 e. The van der Waals surface area contributed by atoms with Crippen LogP contribution in [0.5, 0.6) is 0 Å². The molecule has 0 bridgehead atoms. The maximum Gasteiger partial charge on any atom is 0.200 e. The Kier molecular flexibility index (Phi) is 3.29. The summed E-state index contributed by atoms with van der Waals surface area (Å²) in [4.78, 5) is 4.34. The summed E-state index contributed by atoms with van der Waals surface area (Å²) in [5.74, 6) is 1.57. The van der Waals surface area contributed by atoms with Crippen LogP contribution in [0.4, 0.5) is 5.95 Å². The third-order valence-electron chi connectivity index (χ3n) is 3.50. The molecule has 0 aliphatic heterocycles. The molecule has 84 valence electrons. The Morgan fingerprint density at radius 3 is 2.73 bits per heavy atom. The van der Waals surface area contributed by atoms with Crippen LogP contribution in [0.1, 0.15) is 44.2 Å². The maximum absolute atomic E-state index is 5.70. The first-order valence-electron chi connectivity index (χ1n) is 6.03. The molecule has 1 aromatic heterocycles. The van der Waals surface area contributed by atoms with E-state index in [0.29, 0.717) is 5.95 Å². The average molecular weight is 207 g/mol. The van der Waals surface area contributed by atoms with Crippen LogP contribution in [0, 0.1) is 5.92 Å². The number of anilines is 1. The van der Waals surface area contributed by atoms with Gasteiger partial charge in [-0.15, -0.1) is 0 Å². The van der Waals surface area contributed by atoms with Crippen LogP contribution in [0.15, 0.2) is 6.20 Å². The van der Waals surface area contributed by atoms with Crippen LogP contribution in [-0.4, -0.2) is 9.55 Å². The summed E-state index contributed by atoms with van der Waals surface area (Å²) in [5.41, 5.74) is 6.85. The van der Waals surface area contributed by atoms with Crippen molar-refractivity contribution in [3.63, 3.8) is 0 Å². The Balaban J connectivity index is 1.81. The number of aryl methyl sites for hydroxylation is 2. The lowest BCUT2D eigenvalue weighted by Crippen LogP contribution is -2.07. The molecular weight excluding hydrogens is 186 g/mol. The summed E-state index contributed by atoms with van der Waals surface area (Å²) in [6, 6.07) is 0. The van der Waals surface area contributed by atoms with Crippen LogP contribution in [0.2, 0.25) is 0 Å². The van der Waals surface area contributed by atoms with E-state index in [1.165, 1.54) is 38.5 Å². The van der Waals surface area contributed by atoms with Gasteiger partial charge in [-0.1, -0.05) is 32.1 Å². The van der Waals surface area contributed by atoms with Gasteiger partial charge >= 0.3 is 0 Å². The SMILES string of the molecule is Cn1cc(CCC2CCCCC2)nc1N. The second-order valence-corrected chi connectivity index (χ2v) is 4.74. The summed E-state index contributed by atoms with van der Waals surface area (Å²) >= 11 is 0. The van der Waals surface area contributed by atoms with Crippen LogP contribution in [-0.2, 0) is 13.5 Å². The lowest BCUT2D eigenvalue weighted by molar-refractivity contribution is 0.338. The van der Waals surface area contributed by atoms with Gasteiger partial charge in [-0.05, 0) is 18.8 Å². The summed E-state index contributed by atoms with van der Waals surface area (Å²) in [5, 5.41) is 0. The molecule has 0 saturated heterocycles. The van der Waals surface area contributed by atoms with Gasteiger partial charge in [-0.2, -0.15) is 0 Å². The highest BCUT2D eigenvalue weighted by molar-refractivity contribution is 5.21. The minimum absolute atomic E-state index is 0.633. The molecule has 3 nitrogen and oxygen atoms in total. The van der Waals surface area contributed by atoms with Crippen molar-refractivity contribution < 1.29 is 0 Å². The minimum atomic E-state index is 0.633. The van der Waals surface area contributed by atoms with Gasteiger partial charge in [0.15, 0.2) is 5.95 Å². The normalized spacial score (nSPS) is 18.2. The number of imidazole rings is 1. The molecular formula is C12H21N3. The van der Waals surface area contributed by atoms with Crippen molar-refractivity contribution in [1.82, 2.24) is 9.55 Å². The number of aromatic nitrogens is 2. The summed E-state index contributed by atoms with van der Waals surface area (Å²) < 4.78 is 1.90. The van der Waals surface area contributed by atoms with E-state index in [1.54, 1.807) is 0 Å². The quantitative estimate of drug-likeness (QED) is 0.827. The number of nitrogens with two attached hydrogens (primary N) is 1. The minimum Gasteiger partial charge on any atom is -0.369 e. The van der Waals surface area contributed by atoms with E-state index in [2.05, 4.69) is 11.2 Å². The monoisotopic (exact) mass is 207 g/mol. The Morgan fingerprint density at radius 2 is 2.13 bits per heavy atom. The molecule has 0 amide bonds. The van der Waals surface area contributed by atoms with Gasteiger partial charge < -0.3 is 10.3 Å². The molecule has 1 saturated carbocycles. The number of hydrogen-bond acceptors (Lipinski definition) is 2. The predicted molar refractivity (Wildman–Crippen MR) is 62.5 cm³/mol. The van der Waals surface area contributed by atoms with Gasteiger partial charge in [0.1, 0.15) is 0 Å². The third kappa shape index (κ3) is 2.74. The third-order valence-corrected chi connectivity index (χ3v) is 3.50. The molecule has 1 fully saturated rings. The van der Waals surface area contributed by atoms with E-state index in [-0.39, 0.29) is 0 Å². The predicted octanol–water partition coefficient (Wildman–Crippen LogP) is 2.52. The molecule has 2 rings (SSSR count). The molecule has 3 heteroatoms. The van der Waals surface area contributed by atoms with Crippen molar-refractivity contribution in [2.24, 2.45) is 13.0 Å². The average Bonchev–Trinajstić information content (AvgIpc) is 2.57. The zero-order chi connectivity index (χ0) is 10.7. The highest BCUT2D eigenvalue weighted by Gasteiger charge is 2.13. The molecule has 1 aliphatic rings. The second-order valence-electron chi connectivity index (χ2n) is 4.74. The molecule has 15 heavy (non-hydrogen) atoms. The fourth-order valence-electron chi connectivity index (χ4n) is 2.49. The summed E-state index contributed by atoms with van der Waals surface area (Å²) in [6.07, 6.45) is 11.6. The smallest absolute Gasteiger partial charge is 0.200 e. The molecule has 0 radical (unpaired) electrons. The fraction of sp³-hybridized carbons (Fsp3) is 0.750. The fourth-order valence-corrected chi connectivity index (χ4v) is 2.49. The number of rotatable bonds is 3. The second kappa shape index (κ2) is 4.69. The zero-order valence-corrected chi connectivity index (χ0v) is 9.58. The number of nitrogen functional groups attached to an aromatic ring is 1. The van der Waals surface area contributed by atoms with E-state index in [1.807, 2.05) is 11.6 Å². The first kappa shape index (κ1) is 10.5. The standard InChI is InChI=1S/C12H21N3/c1-15-9-11(14-12(15)13)8-7-10-5-3-2-4-6-10/h9-10H,2-8H2,1H3,(H2,13,14). The molecule has 0 atom stereocenters. The van der Waals surface area contributed by atoms with Crippen LogP contribution in [0.25, 0.3) is 0 Å². The van der Waals surface area contributed by atoms with Crippen LogP contribution in [0.3, 0.4) is 0 Å². The Morgan fingerprint density at radius 1 is 1.40 bits per heavy atom. The van der Waals surface area contributed by atoms with E-state index in [0.717, 1.165) is 18.0 Å². The molecule has 1 aromatic rings. The first-order chi connectivity index (χ1) is 7.25. The maximum atomic E-state index is 5.70. The van der Waals surface area contributed by atoms with Gasteiger partial charge in [-0.3, -0.25) is 0 Å². The summed E-state index contributed by atoms with van der Waals surface area (Å²) in [6.45, 7) is 0. The zero-order valence-electron chi connectivity index (χ0n) is 9.58. The van der Waals surface area contributed by atoms with Gasteiger partial charge in [0.2, 0.25) is 0 Å². The van der Waals surface area contributed by atoms with Crippen LogP contribution >= 0.6 is 0 Å². The van der Waals surface area contributed by atoms with Gasteiger partial charge in [0.25, 0.3) is 0 Å². The number of hydrogen-bond donors (Lipinski definition) is 1. The van der Waals surface area contributed by atoms with E-state index >= 15 is 0 Å². The van der Waals surface area contributed by atoms with Gasteiger partial charge in [0, 0.05) is 13.2 Å². The highest BCUT2D eigenvalue weighted by atomic mass is 15.1. The van der Waals surface area contributed by atoms with Gasteiger partial charge in [0.05, 0.1) is 5.69 Å². The lowest BCUT2D eigenvalue weighted by atomic mass is 9.86. The van der Waals surface area contributed by atoms with E-state index in [9.17, 15) is 0 Å². The highest BCUT2D eigenvalue weighted by Crippen LogP contribution is 2.27. The van der Waals surface area contributed by atoms with Crippen molar-refractivity contribution in [3.05, 3.63) is 11.9 Å². The Bertz CT molecular complexity index is 291. The first-order valence-corrected chi connectivity index (χ1v) is 6.03. The molecule has 0 spiro atoms. The van der Waals surface area contributed by atoms with Crippen LogP contribution < -0.4 is 5.73 Å². The molecule has 1 heterocycles. The lowest BCUT2D eigenvalue weighted by Gasteiger charge is -2.20. The van der Waals surface area contributed by atoms with Crippen molar-refractivity contribution in [2.45, 2.75) is 44.9 Å². The van der Waals surface area contributed by atoms with Crippen molar-refractivity contribution >= 4 is 5.95 Å². The Labute approximate surface area is 91.7 Å². The molecule has 0 unspecified atom stereocenters. The topological polar surface area (TPSA) is 43.8 Å². The van der Waals surface area contributed by atoms with Crippen molar-refractivity contribution in [3.8, 4) is 0 Å². The van der Waals surface area contributed by atoms with Gasteiger partial charge in [-0.25, -0.2) is 4.98 Å². The summed E-state index contributed by atoms with van der Waals surface area (Å²) in [7, 11) is 1.95. The van der Waals surface area contributed by atoms with E-state index < -0.39 is 0 Å². The van der Waals surface area contributed by atoms with Crippen molar-refractivity contribution in [1.29, 1.82) is 0 Å². The molecule has 0 aromatic carbocycles. The van der Waals surface area contributed by atoms with Crippen molar-refractivity contribution in [2.75, 3.05) is 5.73 Å². The molecule has 2 N–H and O–H groups in total. The Hall–Kier alpha value is -0.990. The van der Waals surface area contributed by atoms with E-state index in [4.69, 9.17) is 5.73 Å². The molecule has 1 aliphatic carbocycles.